The Bertz CT molecular complexity index is 1130. The van der Waals surface area contributed by atoms with Crippen molar-refractivity contribution in [1.82, 2.24) is 20.3 Å². The lowest BCUT2D eigenvalue weighted by molar-refractivity contribution is 0.0911. The van der Waals surface area contributed by atoms with Crippen molar-refractivity contribution in [2.75, 3.05) is 12.4 Å². The first-order valence-electron chi connectivity index (χ1n) is 9.57. The Kier molecular flexibility index (Phi) is 6.63. The van der Waals surface area contributed by atoms with Crippen LogP contribution in [0.3, 0.4) is 0 Å². The number of nitrogens with zero attached hydrogens (tertiary/aromatic N) is 2. The van der Waals surface area contributed by atoms with E-state index in [1.165, 1.54) is 6.20 Å². The first-order chi connectivity index (χ1) is 14.4. The molecule has 0 fully saturated rings. The number of aromatic amines is 1. The number of aryl methyl sites for hydroxylation is 1. The van der Waals surface area contributed by atoms with Gasteiger partial charge in [-0.1, -0.05) is 37.3 Å². The second-order valence-corrected chi connectivity index (χ2v) is 8.93. The maximum atomic E-state index is 12.6. The number of amides is 1. The standard InChI is InChI=1S/C21H24N4O4S/c1-3-9-30(28,29)21-23-11-14(2)19(25-21)16-10-17(22-12-16)20(27)24-18(13-26)15-7-5-4-6-8-15/h4-8,10-12,18,22,26H,3,9,13H2,1-2H3,(H,24,27). The first-order valence-corrected chi connectivity index (χ1v) is 11.2. The van der Waals surface area contributed by atoms with Crippen LogP contribution in [0.2, 0.25) is 0 Å². The number of sulfone groups is 1. The number of aromatic nitrogens is 3. The molecule has 0 aliphatic carbocycles. The summed E-state index contributed by atoms with van der Waals surface area (Å²) in [6.45, 7) is 3.31. The lowest BCUT2D eigenvalue weighted by Gasteiger charge is -2.16. The van der Waals surface area contributed by atoms with Gasteiger partial charge in [-0.05, 0) is 30.5 Å². The summed E-state index contributed by atoms with van der Waals surface area (Å²) in [5.41, 5.74) is 2.77. The number of nitrogens with one attached hydrogen (secondary N) is 2. The van der Waals surface area contributed by atoms with Gasteiger partial charge in [-0.15, -0.1) is 0 Å². The molecule has 0 saturated heterocycles. The Hall–Kier alpha value is -3.04. The van der Waals surface area contributed by atoms with Crippen LogP contribution in [-0.2, 0) is 9.84 Å². The molecule has 1 aromatic carbocycles. The van der Waals surface area contributed by atoms with Crippen molar-refractivity contribution < 1.29 is 18.3 Å². The number of H-pyrrole nitrogens is 1. The largest absolute Gasteiger partial charge is 0.394 e. The van der Waals surface area contributed by atoms with E-state index in [1.54, 1.807) is 26.1 Å². The van der Waals surface area contributed by atoms with E-state index in [0.29, 0.717) is 23.2 Å². The minimum atomic E-state index is -3.56. The smallest absolute Gasteiger partial charge is 0.268 e. The molecule has 1 atom stereocenters. The molecular weight excluding hydrogens is 404 g/mol. The summed E-state index contributed by atoms with van der Waals surface area (Å²) < 4.78 is 24.6. The summed E-state index contributed by atoms with van der Waals surface area (Å²) >= 11 is 0. The highest BCUT2D eigenvalue weighted by molar-refractivity contribution is 7.91. The number of aliphatic hydroxyl groups is 1. The monoisotopic (exact) mass is 428 g/mol. The summed E-state index contributed by atoms with van der Waals surface area (Å²) in [6.07, 6.45) is 3.53. The fraction of sp³-hybridized carbons (Fsp3) is 0.286. The number of rotatable bonds is 8. The lowest BCUT2D eigenvalue weighted by Crippen LogP contribution is -2.30. The van der Waals surface area contributed by atoms with Crippen molar-refractivity contribution in [2.24, 2.45) is 0 Å². The van der Waals surface area contributed by atoms with Gasteiger partial charge in [0.2, 0.25) is 15.0 Å². The van der Waals surface area contributed by atoms with E-state index in [9.17, 15) is 18.3 Å². The highest BCUT2D eigenvalue weighted by Crippen LogP contribution is 2.23. The van der Waals surface area contributed by atoms with Crippen LogP contribution in [0.5, 0.6) is 0 Å². The summed E-state index contributed by atoms with van der Waals surface area (Å²) in [5, 5.41) is 12.2. The lowest BCUT2D eigenvalue weighted by atomic mass is 10.1. The Balaban J connectivity index is 1.85. The zero-order chi connectivity index (χ0) is 21.7. The van der Waals surface area contributed by atoms with E-state index in [-0.39, 0.29) is 23.2 Å². The van der Waals surface area contributed by atoms with Crippen LogP contribution in [-0.4, -0.2) is 46.7 Å². The average molecular weight is 429 g/mol. The second-order valence-electron chi connectivity index (χ2n) is 6.92. The molecule has 0 radical (unpaired) electrons. The minimum absolute atomic E-state index is 0.0294. The van der Waals surface area contributed by atoms with Gasteiger partial charge in [-0.3, -0.25) is 4.79 Å². The second kappa shape index (κ2) is 9.19. The third-order valence-electron chi connectivity index (χ3n) is 4.59. The summed E-state index contributed by atoms with van der Waals surface area (Å²) in [4.78, 5) is 23.7. The molecule has 1 amide bonds. The Morgan fingerprint density at radius 2 is 2.00 bits per heavy atom. The van der Waals surface area contributed by atoms with Gasteiger partial charge >= 0.3 is 0 Å². The van der Waals surface area contributed by atoms with Crippen molar-refractivity contribution in [2.45, 2.75) is 31.5 Å². The predicted molar refractivity (Wildman–Crippen MR) is 113 cm³/mol. The highest BCUT2D eigenvalue weighted by Gasteiger charge is 2.21. The van der Waals surface area contributed by atoms with Crippen LogP contribution in [0.4, 0.5) is 0 Å². The highest BCUT2D eigenvalue weighted by atomic mass is 32.2. The number of aliphatic hydroxyl groups excluding tert-OH is 1. The number of hydrogen-bond acceptors (Lipinski definition) is 6. The molecule has 0 spiro atoms. The third-order valence-corrected chi connectivity index (χ3v) is 6.29. The third kappa shape index (κ3) is 4.74. The van der Waals surface area contributed by atoms with Gasteiger partial charge in [-0.25, -0.2) is 18.4 Å². The van der Waals surface area contributed by atoms with E-state index < -0.39 is 21.8 Å². The maximum Gasteiger partial charge on any atom is 0.268 e. The van der Waals surface area contributed by atoms with E-state index in [4.69, 9.17) is 0 Å². The molecule has 0 aliphatic rings. The molecule has 2 heterocycles. The molecule has 0 saturated carbocycles. The Morgan fingerprint density at radius 3 is 2.67 bits per heavy atom. The van der Waals surface area contributed by atoms with Crippen LogP contribution >= 0.6 is 0 Å². The molecular formula is C21H24N4O4S. The zero-order valence-corrected chi connectivity index (χ0v) is 17.6. The van der Waals surface area contributed by atoms with Gasteiger partial charge in [0, 0.05) is 18.0 Å². The number of hydrogen-bond donors (Lipinski definition) is 3. The van der Waals surface area contributed by atoms with E-state index in [1.807, 2.05) is 30.3 Å². The van der Waals surface area contributed by atoms with E-state index in [2.05, 4.69) is 20.3 Å². The molecule has 0 bridgehead atoms. The molecule has 3 aromatic rings. The van der Waals surface area contributed by atoms with Crippen LogP contribution in [0.15, 0.2) is 53.9 Å². The number of benzene rings is 1. The Morgan fingerprint density at radius 1 is 1.27 bits per heavy atom. The average Bonchev–Trinajstić information content (AvgIpc) is 3.23. The molecule has 0 aliphatic heterocycles. The maximum absolute atomic E-state index is 12.6. The fourth-order valence-electron chi connectivity index (χ4n) is 3.05. The number of carbonyl (C=O) groups is 1. The molecule has 158 valence electrons. The van der Waals surface area contributed by atoms with E-state index >= 15 is 0 Å². The molecule has 2 aromatic heterocycles. The SMILES string of the molecule is CCCS(=O)(=O)c1ncc(C)c(-c2c[nH]c(C(=O)NC(CO)c3ccccc3)c2)n1. The summed E-state index contributed by atoms with van der Waals surface area (Å²) in [6, 6.07) is 10.2. The summed E-state index contributed by atoms with van der Waals surface area (Å²) in [5.74, 6) is -0.423. The van der Waals surface area contributed by atoms with Gasteiger partial charge in [-0.2, -0.15) is 0 Å². The van der Waals surface area contributed by atoms with Gasteiger partial charge in [0.15, 0.2) is 0 Å². The van der Waals surface area contributed by atoms with Crippen LogP contribution in [0.25, 0.3) is 11.3 Å². The summed E-state index contributed by atoms with van der Waals surface area (Å²) in [7, 11) is -3.56. The molecule has 3 rings (SSSR count). The minimum Gasteiger partial charge on any atom is -0.394 e. The molecule has 30 heavy (non-hydrogen) atoms. The molecule has 1 unspecified atom stereocenters. The van der Waals surface area contributed by atoms with Crippen molar-refractivity contribution >= 4 is 15.7 Å². The zero-order valence-electron chi connectivity index (χ0n) is 16.8. The quantitative estimate of drug-likeness (QED) is 0.473. The predicted octanol–water partition coefficient (Wildman–Crippen LogP) is 2.43. The molecule has 3 N–H and O–H groups in total. The number of carbonyl (C=O) groups excluding carboxylic acids is 1. The van der Waals surface area contributed by atoms with Gasteiger partial charge in [0.05, 0.1) is 24.1 Å². The Labute approximate surface area is 175 Å². The normalized spacial score (nSPS) is 12.5. The first kappa shape index (κ1) is 21.7. The van der Waals surface area contributed by atoms with Crippen molar-refractivity contribution in [1.29, 1.82) is 0 Å². The molecule has 8 nitrogen and oxygen atoms in total. The van der Waals surface area contributed by atoms with E-state index in [0.717, 1.165) is 5.56 Å². The van der Waals surface area contributed by atoms with Crippen molar-refractivity contribution in [3.8, 4) is 11.3 Å². The van der Waals surface area contributed by atoms with Crippen LogP contribution in [0.1, 0.15) is 41.0 Å². The van der Waals surface area contributed by atoms with Gasteiger partial charge < -0.3 is 15.4 Å². The topological polar surface area (TPSA) is 125 Å². The van der Waals surface area contributed by atoms with Gasteiger partial charge in [0.25, 0.3) is 5.91 Å². The molecule has 9 heteroatoms. The van der Waals surface area contributed by atoms with Crippen LogP contribution in [0, 0.1) is 6.92 Å². The fourth-order valence-corrected chi connectivity index (χ4v) is 4.21. The van der Waals surface area contributed by atoms with Crippen molar-refractivity contribution in [3.63, 3.8) is 0 Å². The van der Waals surface area contributed by atoms with Crippen molar-refractivity contribution in [3.05, 3.63) is 65.6 Å². The van der Waals surface area contributed by atoms with Gasteiger partial charge in [0.1, 0.15) is 5.69 Å². The van der Waals surface area contributed by atoms with Crippen LogP contribution < -0.4 is 5.32 Å².